The molecule has 1 heterocycles. The highest BCUT2D eigenvalue weighted by Gasteiger charge is 2.18. The van der Waals surface area contributed by atoms with Gasteiger partial charge in [-0.3, -0.25) is 9.78 Å². The van der Waals surface area contributed by atoms with E-state index in [-0.39, 0.29) is 11.8 Å². The Morgan fingerprint density at radius 2 is 2.11 bits per heavy atom. The third-order valence-corrected chi connectivity index (χ3v) is 3.28. The molecule has 0 unspecified atom stereocenters. The average Bonchev–Trinajstić information content (AvgIpc) is 2.37. The van der Waals surface area contributed by atoms with Crippen LogP contribution in [0.3, 0.4) is 0 Å². The van der Waals surface area contributed by atoms with Gasteiger partial charge in [0.15, 0.2) is 0 Å². The summed E-state index contributed by atoms with van der Waals surface area (Å²) in [5.41, 5.74) is 1.18. The highest BCUT2D eigenvalue weighted by Crippen LogP contribution is 2.25. The van der Waals surface area contributed by atoms with Gasteiger partial charge in [-0.25, -0.2) is 0 Å². The Kier molecular flexibility index (Phi) is 6.50. The zero-order chi connectivity index (χ0) is 14.1. The Morgan fingerprint density at radius 3 is 2.74 bits per heavy atom. The van der Waals surface area contributed by atoms with Crippen LogP contribution in [0.15, 0.2) is 24.4 Å². The third kappa shape index (κ3) is 7.57. The zero-order valence-corrected chi connectivity index (χ0v) is 11.9. The van der Waals surface area contributed by atoms with Gasteiger partial charge in [-0.15, -0.1) is 0 Å². The average molecular weight is 264 g/mol. The van der Waals surface area contributed by atoms with Gasteiger partial charge in [-0.2, -0.15) is 0 Å². The van der Waals surface area contributed by atoms with E-state index in [1.54, 1.807) is 0 Å². The molecule has 0 aliphatic heterocycles. The van der Waals surface area contributed by atoms with Crippen molar-refractivity contribution in [3.63, 3.8) is 0 Å². The number of aliphatic carboxylic acids is 1. The number of carbonyl (C=O) groups is 1. The van der Waals surface area contributed by atoms with E-state index in [4.69, 9.17) is 5.11 Å². The van der Waals surface area contributed by atoms with Gasteiger partial charge in [0.2, 0.25) is 0 Å². The quantitative estimate of drug-likeness (QED) is 0.673. The number of nitrogens with one attached hydrogen (secondary N) is 1. The SMILES string of the molecule is CC(C)(CCNCCc1ccccn1)CCC(=O)O. The van der Waals surface area contributed by atoms with E-state index in [0.717, 1.165) is 38.0 Å². The van der Waals surface area contributed by atoms with Crippen LogP contribution >= 0.6 is 0 Å². The molecular weight excluding hydrogens is 240 g/mol. The van der Waals surface area contributed by atoms with Crippen LogP contribution in [-0.2, 0) is 11.2 Å². The standard InChI is InChI=1S/C15H24N2O2/c1-15(2,8-6-14(18)19)9-12-16-11-7-13-5-3-4-10-17-13/h3-5,10,16H,6-9,11-12H2,1-2H3,(H,18,19). The van der Waals surface area contributed by atoms with Crippen molar-refractivity contribution in [1.82, 2.24) is 10.3 Å². The first-order chi connectivity index (χ1) is 8.99. The fourth-order valence-electron chi connectivity index (χ4n) is 1.88. The molecule has 0 bridgehead atoms. The molecule has 0 atom stereocenters. The molecule has 106 valence electrons. The van der Waals surface area contributed by atoms with Crippen molar-refractivity contribution in [2.75, 3.05) is 13.1 Å². The summed E-state index contributed by atoms with van der Waals surface area (Å²) >= 11 is 0. The molecule has 0 amide bonds. The summed E-state index contributed by atoms with van der Waals surface area (Å²) in [6, 6.07) is 5.94. The monoisotopic (exact) mass is 264 g/mol. The van der Waals surface area contributed by atoms with Crippen LogP contribution < -0.4 is 5.32 Å². The number of pyridine rings is 1. The lowest BCUT2D eigenvalue weighted by atomic mass is 9.84. The molecule has 4 nitrogen and oxygen atoms in total. The third-order valence-electron chi connectivity index (χ3n) is 3.28. The molecule has 0 aromatic carbocycles. The van der Waals surface area contributed by atoms with Crippen molar-refractivity contribution < 1.29 is 9.90 Å². The number of hydrogen-bond donors (Lipinski definition) is 2. The fraction of sp³-hybridized carbons (Fsp3) is 0.600. The molecule has 4 heteroatoms. The smallest absolute Gasteiger partial charge is 0.303 e. The molecular formula is C15H24N2O2. The Morgan fingerprint density at radius 1 is 1.32 bits per heavy atom. The normalized spacial score (nSPS) is 11.5. The molecule has 0 radical (unpaired) electrons. The predicted octanol–water partition coefficient (Wildman–Crippen LogP) is 2.49. The molecule has 0 aliphatic carbocycles. The van der Waals surface area contributed by atoms with E-state index in [9.17, 15) is 4.79 Å². The van der Waals surface area contributed by atoms with E-state index >= 15 is 0 Å². The number of rotatable bonds is 9. The Hall–Kier alpha value is -1.42. The number of hydrogen-bond acceptors (Lipinski definition) is 3. The van der Waals surface area contributed by atoms with Gasteiger partial charge in [0, 0.05) is 31.3 Å². The van der Waals surface area contributed by atoms with E-state index < -0.39 is 5.97 Å². The van der Waals surface area contributed by atoms with Crippen molar-refractivity contribution in [3.8, 4) is 0 Å². The van der Waals surface area contributed by atoms with Gasteiger partial charge in [0.1, 0.15) is 0 Å². The van der Waals surface area contributed by atoms with E-state index in [0.29, 0.717) is 0 Å². The first-order valence-electron chi connectivity index (χ1n) is 6.82. The van der Waals surface area contributed by atoms with E-state index in [1.165, 1.54) is 0 Å². The molecule has 0 fully saturated rings. The van der Waals surface area contributed by atoms with Crippen LogP contribution in [0.25, 0.3) is 0 Å². The zero-order valence-electron chi connectivity index (χ0n) is 11.9. The Bertz CT molecular complexity index is 377. The van der Waals surface area contributed by atoms with E-state index in [1.807, 2.05) is 24.4 Å². The lowest BCUT2D eigenvalue weighted by Crippen LogP contribution is -2.25. The molecule has 19 heavy (non-hydrogen) atoms. The molecule has 1 rings (SSSR count). The van der Waals surface area contributed by atoms with E-state index in [2.05, 4.69) is 24.1 Å². The second kappa shape index (κ2) is 7.89. The maximum atomic E-state index is 10.6. The minimum absolute atomic E-state index is 0.0797. The topological polar surface area (TPSA) is 62.2 Å². The Balaban J connectivity index is 2.11. The van der Waals surface area contributed by atoms with Crippen LogP contribution in [0.4, 0.5) is 0 Å². The summed E-state index contributed by atoms with van der Waals surface area (Å²) in [5, 5.41) is 12.1. The number of aromatic nitrogens is 1. The van der Waals surface area contributed by atoms with Gasteiger partial charge in [0.25, 0.3) is 0 Å². The van der Waals surface area contributed by atoms with Crippen LogP contribution in [0.2, 0.25) is 0 Å². The largest absolute Gasteiger partial charge is 0.481 e. The second-order valence-electron chi connectivity index (χ2n) is 5.63. The van der Waals surface area contributed by atoms with Gasteiger partial charge < -0.3 is 10.4 Å². The second-order valence-corrected chi connectivity index (χ2v) is 5.63. The molecule has 1 aromatic rings. The van der Waals surface area contributed by atoms with Crippen molar-refractivity contribution in [2.24, 2.45) is 5.41 Å². The minimum atomic E-state index is -0.712. The summed E-state index contributed by atoms with van der Waals surface area (Å²) in [7, 11) is 0. The molecule has 2 N–H and O–H groups in total. The fourth-order valence-corrected chi connectivity index (χ4v) is 1.88. The first kappa shape index (κ1) is 15.6. The summed E-state index contributed by atoms with van der Waals surface area (Å²) in [5.74, 6) is -0.712. The van der Waals surface area contributed by atoms with Crippen LogP contribution in [0, 0.1) is 5.41 Å². The van der Waals surface area contributed by atoms with Crippen molar-refractivity contribution in [3.05, 3.63) is 30.1 Å². The van der Waals surface area contributed by atoms with Crippen molar-refractivity contribution >= 4 is 5.97 Å². The molecule has 0 aliphatic rings. The maximum Gasteiger partial charge on any atom is 0.303 e. The summed E-state index contributed by atoms with van der Waals surface area (Å²) in [4.78, 5) is 14.8. The predicted molar refractivity (Wildman–Crippen MR) is 76.1 cm³/mol. The molecule has 0 saturated carbocycles. The lowest BCUT2D eigenvalue weighted by molar-refractivity contribution is -0.137. The van der Waals surface area contributed by atoms with Gasteiger partial charge in [-0.1, -0.05) is 19.9 Å². The highest BCUT2D eigenvalue weighted by molar-refractivity contribution is 5.66. The van der Waals surface area contributed by atoms with Gasteiger partial charge in [-0.05, 0) is 36.9 Å². The molecule has 0 spiro atoms. The summed E-state index contributed by atoms with van der Waals surface area (Å²) in [6.07, 6.45) is 4.70. The highest BCUT2D eigenvalue weighted by atomic mass is 16.4. The van der Waals surface area contributed by atoms with Crippen LogP contribution in [0.1, 0.15) is 38.8 Å². The van der Waals surface area contributed by atoms with Crippen molar-refractivity contribution in [1.29, 1.82) is 0 Å². The Labute approximate surface area is 115 Å². The van der Waals surface area contributed by atoms with Gasteiger partial charge in [0.05, 0.1) is 0 Å². The summed E-state index contributed by atoms with van der Waals surface area (Å²) in [6.45, 7) is 6.07. The number of carboxylic acid groups (broad SMARTS) is 1. The lowest BCUT2D eigenvalue weighted by Gasteiger charge is -2.23. The van der Waals surface area contributed by atoms with Gasteiger partial charge >= 0.3 is 5.97 Å². The molecule has 1 aromatic heterocycles. The van der Waals surface area contributed by atoms with Crippen LogP contribution in [-0.4, -0.2) is 29.1 Å². The number of nitrogens with zero attached hydrogens (tertiary/aromatic N) is 1. The minimum Gasteiger partial charge on any atom is -0.481 e. The summed E-state index contributed by atoms with van der Waals surface area (Å²) < 4.78 is 0. The molecule has 0 saturated heterocycles. The first-order valence-corrected chi connectivity index (χ1v) is 6.82. The van der Waals surface area contributed by atoms with Crippen molar-refractivity contribution in [2.45, 2.75) is 39.5 Å². The number of carboxylic acids is 1. The van der Waals surface area contributed by atoms with Crippen LogP contribution in [0.5, 0.6) is 0 Å². The maximum absolute atomic E-state index is 10.6.